The number of hydrogen-bond acceptors (Lipinski definition) is 5. The molecule has 8 heteroatoms. The maximum absolute atomic E-state index is 13.4. The molecule has 0 saturated carbocycles. The lowest BCUT2D eigenvalue weighted by Gasteiger charge is -2.41. The number of piperidine rings is 1. The van der Waals surface area contributed by atoms with E-state index in [1.807, 2.05) is 39.0 Å². The Balaban J connectivity index is 1.16. The third kappa shape index (κ3) is 6.86. The van der Waals surface area contributed by atoms with Crippen molar-refractivity contribution in [1.82, 2.24) is 14.7 Å². The highest BCUT2D eigenvalue weighted by atomic mass is 16.5. The summed E-state index contributed by atoms with van der Waals surface area (Å²) in [5.74, 6) is 0.813. The standard InChI is InChI=1S/C34H44N4O4/c1-3-5-10-31(34(41)37-24-22-35(19-4-2)23-25-37)42-29-14-11-27(12-15-29)33(40)36-20-17-28(18-21-36)38-30-9-7-6-8-26(30)13-16-32(38)39/h4,6-9,11-12,14-15,28,31H,2-3,5,10,13,16-25H2,1H3. The highest BCUT2D eigenvalue weighted by molar-refractivity contribution is 5.97. The fourth-order valence-electron chi connectivity index (χ4n) is 6.36. The fraction of sp³-hybridized carbons (Fsp3) is 0.500. The number of fused-ring (bicyclic) bond motifs is 1. The molecule has 3 aliphatic heterocycles. The normalized spacial score (nSPS) is 18.9. The molecule has 0 aliphatic carbocycles. The SMILES string of the molecule is C=CCN1CCN(C(=O)C(CCCC)Oc2ccc(C(=O)N3CCC(N4C(=O)CCc5ccccc54)CC3)cc2)CC1. The number of para-hydroxylation sites is 1. The van der Waals surface area contributed by atoms with Gasteiger partial charge in [-0.1, -0.05) is 37.6 Å². The van der Waals surface area contributed by atoms with Gasteiger partial charge < -0.3 is 19.4 Å². The maximum Gasteiger partial charge on any atom is 0.263 e. The van der Waals surface area contributed by atoms with E-state index in [0.717, 1.165) is 57.4 Å². The minimum Gasteiger partial charge on any atom is -0.481 e. The summed E-state index contributed by atoms with van der Waals surface area (Å²) in [6, 6.07) is 15.5. The van der Waals surface area contributed by atoms with Crippen molar-refractivity contribution in [3.8, 4) is 5.75 Å². The minimum absolute atomic E-state index is 0.0126. The van der Waals surface area contributed by atoms with Crippen molar-refractivity contribution < 1.29 is 19.1 Å². The monoisotopic (exact) mass is 572 g/mol. The number of unbranched alkanes of at least 4 members (excludes halogenated alkanes) is 1. The first kappa shape index (κ1) is 29.8. The number of piperazine rings is 1. The van der Waals surface area contributed by atoms with Gasteiger partial charge in [-0.05, 0) is 68.0 Å². The zero-order chi connectivity index (χ0) is 29.5. The van der Waals surface area contributed by atoms with E-state index >= 15 is 0 Å². The lowest BCUT2D eigenvalue weighted by Crippen LogP contribution is -2.52. The molecular weight excluding hydrogens is 528 g/mol. The number of likely N-dealkylation sites (tertiary alicyclic amines) is 1. The number of hydrogen-bond donors (Lipinski definition) is 0. The Morgan fingerprint density at radius 2 is 1.67 bits per heavy atom. The molecule has 0 bridgehead atoms. The van der Waals surface area contributed by atoms with Crippen LogP contribution < -0.4 is 9.64 Å². The average molecular weight is 573 g/mol. The molecule has 0 spiro atoms. The average Bonchev–Trinajstić information content (AvgIpc) is 3.03. The Kier molecular flexibility index (Phi) is 9.95. The largest absolute Gasteiger partial charge is 0.481 e. The van der Waals surface area contributed by atoms with E-state index < -0.39 is 6.10 Å². The molecule has 0 radical (unpaired) electrons. The maximum atomic E-state index is 13.4. The van der Waals surface area contributed by atoms with Gasteiger partial charge in [0.15, 0.2) is 6.10 Å². The molecule has 2 fully saturated rings. The van der Waals surface area contributed by atoms with E-state index in [1.54, 1.807) is 24.3 Å². The quantitative estimate of drug-likeness (QED) is 0.391. The topological polar surface area (TPSA) is 73.4 Å². The molecule has 1 atom stereocenters. The van der Waals surface area contributed by atoms with E-state index in [9.17, 15) is 14.4 Å². The van der Waals surface area contributed by atoms with Crippen LogP contribution in [0.3, 0.4) is 0 Å². The summed E-state index contributed by atoms with van der Waals surface area (Å²) in [5.41, 5.74) is 2.86. The molecule has 1 unspecified atom stereocenters. The van der Waals surface area contributed by atoms with Crippen molar-refractivity contribution >= 4 is 23.4 Å². The lowest BCUT2D eigenvalue weighted by molar-refractivity contribution is -0.140. The number of carbonyl (C=O) groups is 3. The summed E-state index contributed by atoms with van der Waals surface area (Å²) in [7, 11) is 0. The smallest absolute Gasteiger partial charge is 0.263 e. The number of ether oxygens (including phenoxy) is 1. The van der Waals surface area contributed by atoms with Crippen molar-refractivity contribution in [1.29, 1.82) is 0 Å². The van der Waals surface area contributed by atoms with Crippen molar-refractivity contribution in [3.63, 3.8) is 0 Å². The summed E-state index contributed by atoms with van der Waals surface area (Å²) < 4.78 is 6.22. The zero-order valence-electron chi connectivity index (χ0n) is 24.9. The Labute approximate surface area is 249 Å². The first-order chi connectivity index (χ1) is 20.5. The van der Waals surface area contributed by atoms with Gasteiger partial charge >= 0.3 is 0 Å². The van der Waals surface area contributed by atoms with Gasteiger partial charge in [-0.2, -0.15) is 0 Å². The molecule has 3 aliphatic rings. The molecule has 2 aromatic carbocycles. The van der Waals surface area contributed by atoms with Crippen LogP contribution in [0.5, 0.6) is 5.75 Å². The second-order valence-electron chi connectivity index (χ2n) is 11.6. The Bertz CT molecular complexity index is 1250. The predicted octanol–water partition coefficient (Wildman–Crippen LogP) is 4.54. The molecule has 0 N–H and O–H groups in total. The molecule has 224 valence electrons. The van der Waals surface area contributed by atoms with Crippen LogP contribution in [0.1, 0.15) is 61.4 Å². The highest BCUT2D eigenvalue weighted by Gasteiger charge is 2.34. The number of benzene rings is 2. The summed E-state index contributed by atoms with van der Waals surface area (Å²) in [6.45, 7) is 11.1. The number of amides is 3. The number of rotatable bonds is 10. The van der Waals surface area contributed by atoms with Crippen LogP contribution in [0.25, 0.3) is 0 Å². The van der Waals surface area contributed by atoms with E-state index in [-0.39, 0.29) is 23.8 Å². The van der Waals surface area contributed by atoms with Crippen LogP contribution in [-0.4, -0.2) is 90.4 Å². The fourth-order valence-corrected chi connectivity index (χ4v) is 6.36. The Morgan fingerprint density at radius 3 is 2.36 bits per heavy atom. The van der Waals surface area contributed by atoms with Crippen molar-refractivity contribution in [2.75, 3.05) is 50.7 Å². The van der Waals surface area contributed by atoms with E-state index in [0.29, 0.717) is 50.3 Å². The second-order valence-corrected chi connectivity index (χ2v) is 11.6. The Morgan fingerprint density at radius 1 is 0.952 bits per heavy atom. The lowest BCUT2D eigenvalue weighted by atomic mass is 9.95. The second kappa shape index (κ2) is 14.0. The molecule has 3 amide bonds. The van der Waals surface area contributed by atoms with Gasteiger partial charge in [0.2, 0.25) is 5.91 Å². The summed E-state index contributed by atoms with van der Waals surface area (Å²) in [5, 5.41) is 0. The van der Waals surface area contributed by atoms with Crippen molar-refractivity contribution in [2.45, 2.75) is 64.0 Å². The summed E-state index contributed by atoms with van der Waals surface area (Å²) in [4.78, 5) is 47.6. The molecule has 0 aromatic heterocycles. The first-order valence-corrected chi connectivity index (χ1v) is 15.6. The van der Waals surface area contributed by atoms with Crippen molar-refractivity contribution in [3.05, 3.63) is 72.3 Å². The molecule has 42 heavy (non-hydrogen) atoms. The number of carbonyl (C=O) groups excluding carboxylic acids is 3. The highest BCUT2D eigenvalue weighted by Crippen LogP contribution is 2.32. The van der Waals surface area contributed by atoms with Crippen LogP contribution in [0.2, 0.25) is 0 Å². The van der Waals surface area contributed by atoms with Crippen molar-refractivity contribution in [2.24, 2.45) is 0 Å². The van der Waals surface area contributed by atoms with E-state index in [1.165, 1.54) is 5.56 Å². The van der Waals surface area contributed by atoms with Crippen LogP contribution in [-0.2, 0) is 16.0 Å². The summed E-state index contributed by atoms with van der Waals surface area (Å²) in [6.07, 6.45) is 6.80. The van der Waals surface area contributed by atoms with Gasteiger partial charge in [-0.3, -0.25) is 19.3 Å². The molecule has 2 aromatic rings. The van der Waals surface area contributed by atoms with Crippen LogP contribution in [0, 0.1) is 0 Å². The third-order valence-electron chi connectivity index (χ3n) is 8.79. The molecule has 2 saturated heterocycles. The van der Waals surface area contributed by atoms with Gasteiger partial charge in [0, 0.05) is 69.5 Å². The number of aryl methyl sites for hydroxylation is 1. The third-order valence-corrected chi connectivity index (χ3v) is 8.79. The Hall–Kier alpha value is -3.65. The van der Waals surface area contributed by atoms with Crippen LogP contribution in [0.4, 0.5) is 5.69 Å². The number of nitrogens with zero attached hydrogens (tertiary/aromatic N) is 4. The van der Waals surface area contributed by atoms with E-state index in [4.69, 9.17) is 4.74 Å². The predicted molar refractivity (Wildman–Crippen MR) is 165 cm³/mol. The van der Waals surface area contributed by atoms with Gasteiger partial charge in [-0.25, -0.2) is 0 Å². The minimum atomic E-state index is -0.529. The van der Waals surface area contributed by atoms with Crippen LogP contribution in [0.15, 0.2) is 61.2 Å². The zero-order valence-corrected chi connectivity index (χ0v) is 24.9. The van der Waals surface area contributed by atoms with Gasteiger partial charge in [0.05, 0.1) is 0 Å². The molecule has 5 rings (SSSR count). The van der Waals surface area contributed by atoms with Gasteiger partial charge in [0.1, 0.15) is 5.75 Å². The molecule has 8 nitrogen and oxygen atoms in total. The number of anilines is 1. The summed E-state index contributed by atoms with van der Waals surface area (Å²) >= 11 is 0. The van der Waals surface area contributed by atoms with Gasteiger partial charge in [0.25, 0.3) is 11.8 Å². The molecular formula is C34H44N4O4. The van der Waals surface area contributed by atoms with E-state index in [2.05, 4.69) is 24.5 Å². The van der Waals surface area contributed by atoms with Crippen LogP contribution >= 0.6 is 0 Å². The molecule has 3 heterocycles. The van der Waals surface area contributed by atoms with Gasteiger partial charge in [-0.15, -0.1) is 6.58 Å². The first-order valence-electron chi connectivity index (χ1n) is 15.6.